The third-order valence-corrected chi connectivity index (χ3v) is 7.18. The van der Waals surface area contributed by atoms with E-state index < -0.39 is 5.25 Å². The van der Waals surface area contributed by atoms with Crippen molar-refractivity contribution in [3.05, 3.63) is 54.1 Å². The number of methoxy groups -OCH3 is 1. The number of para-hydroxylation sites is 1. The van der Waals surface area contributed by atoms with E-state index in [0.29, 0.717) is 6.54 Å². The molecule has 0 spiro atoms. The maximum atomic E-state index is 12.7. The first-order valence-corrected chi connectivity index (χ1v) is 11.7. The molecule has 0 saturated carbocycles. The van der Waals surface area contributed by atoms with Crippen LogP contribution in [0.15, 0.2) is 53.4 Å². The molecule has 2 aliphatic rings. The first-order chi connectivity index (χ1) is 15.1. The summed E-state index contributed by atoms with van der Waals surface area (Å²) in [6.07, 6.45) is 3.78. The second kappa shape index (κ2) is 10.2. The molecule has 7 heteroatoms. The molecule has 2 aliphatic heterocycles. The van der Waals surface area contributed by atoms with E-state index in [2.05, 4.69) is 27.7 Å². The fourth-order valence-electron chi connectivity index (χ4n) is 4.19. The van der Waals surface area contributed by atoms with Gasteiger partial charge in [-0.1, -0.05) is 30.7 Å². The second-order valence-electron chi connectivity index (χ2n) is 7.99. The number of hydrogen-bond acceptors (Lipinski definition) is 5. The predicted molar refractivity (Wildman–Crippen MR) is 124 cm³/mol. The Morgan fingerprint density at radius 3 is 2.65 bits per heavy atom. The van der Waals surface area contributed by atoms with E-state index >= 15 is 0 Å². The molecule has 6 nitrogen and oxygen atoms in total. The summed E-state index contributed by atoms with van der Waals surface area (Å²) in [4.78, 5) is 28.6. The molecule has 2 amide bonds. The summed E-state index contributed by atoms with van der Waals surface area (Å²) in [6, 6.07) is 15.9. The number of carbonyl (C=O) groups is 2. The number of ether oxygens (including phenoxy) is 1. The Labute approximate surface area is 187 Å². The molecule has 0 aliphatic carbocycles. The van der Waals surface area contributed by atoms with Gasteiger partial charge >= 0.3 is 0 Å². The highest BCUT2D eigenvalue weighted by atomic mass is 32.2. The van der Waals surface area contributed by atoms with Crippen molar-refractivity contribution in [2.24, 2.45) is 0 Å². The summed E-state index contributed by atoms with van der Waals surface area (Å²) in [5.41, 5.74) is 1.99. The van der Waals surface area contributed by atoms with Gasteiger partial charge in [-0.3, -0.25) is 14.5 Å². The minimum absolute atomic E-state index is 0.0949. The number of piperidine rings is 1. The Kier molecular flexibility index (Phi) is 7.14. The van der Waals surface area contributed by atoms with Crippen LogP contribution in [-0.2, 0) is 9.59 Å². The van der Waals surface area contributed by atoms with Crippen molar-refractivity contribution >= 4 is 29.3 Å². The van der Waals surface area contributed by atoms with Crippen LogP contribution >= 0.6 is 11.8 Å². The lowest BCUT2D eigenvalue weighted by atomic mass is 10.0. The lowest BCUT2D eigenvalue weighted by Gasteiger charge is -2.35. The highest BCUT2D eigenvalue weighted by Gasteiger charge is 2.29. The number of benzene rings is 2. The van der Waals surface area contributed by atoms with E-state index in [9.17, 15) is 9.59 Å². The Morgan fingerprint density at radius 1 is 1.16 bits per heavy atom. The van der Waals surface area contributed by atoms with E-state index in [1.807, 2.05) is 36.4 Å². The molecule has 2 N–H and O–H groups in total. The number of nitrogens with zero attached hydrogens (tertiary/aromatic N) is 1. The number of likely N-dealkylation sites (tertiary alicyclic amines) is 1. The highest BCUT2D eigenvalue weighted by Crippen LogP contribution is 2.36. The van der Waals surface area contributed by atoms with E-state index in [0.717, 1.165) is 29.4 Å². The maximum absolute atomic E-state index is 12.7. The van der Waals surface area contributed by atoms with Crippen LogP contribution in [0.5, 0.6) is 5.75 Å². The van der Waals surface area contributed by atoms with Crippen molar-refractivity contribution in [2.45, 2.75) is 41.9 Å². The first-order valence-electron chi connectivity index (χ1n) is 10.9. The van der Waals surface area contributed by atoms with Crippen molar-refractivity contribution in [1.82, 2.24) is 10.2 Å². The smallest absolute Gasteiger partial charge is 0.238 e. The Bertz CT molecular complexity index is 913. The van der Waals surface area contributed by atoms with Crippen molar-refractivity contribution in [3.63, 3.8) is 0 Å². The van der Waals surface area contributed by atoms with E-state index in [4.69, 9.17) is 4.74 Å². The van der Waals surface area contributed by atoms with Crippen LogP contribution in [0.2, 0.25) is 0 Å². The Balaban J connectivity index is 1.39. The SMILES string of the molecule is COc1ccc([C@@H](CNC(=O)C[C@@H]2Sc3ccccc3NC2=O)N2CCCCC2)cc1. The Hall–Kier alpha value is -2.51. The van der Waals surface area contributed by atoms with Crippen LogP contribution in [0.4, 0.5) is 5.69 Å². The molecule has 31 heavy (non-hydrogen) atoms. The van der Waals surface area contributed by atoms with Crippen molar-refractivity contribution < 1.29 is 14.3 Å². The zero-order valence-electron chi connectivity index (χ0n) is 17.8. The van der Waals surface area contributed by atoms with Gasteiger partial charge < -0.3 is 15.4 Å². The minimum Gasteiger partial charge on any atom is -0.497 e. The molecular formula is C24H29N3O3S. The van der Waals surface area contributed by atoms with Gasteiger partial charge in [-0.05, 0) is 55.8 Å². The summed E-state index contributed by atoms with van der Waals surface area (Å²) in [6.45, 7) is 2.59. The molecule has 1 saturated heterocycles. The molecule has 0 aromatic heterocycles. The summed E-state index contributed by atoms with van der Waals surface area (Å²) >= 11 is 1.46. The van der Waals surface area contributed by atoms with Crippen LogP contribution in [0, 0.1) is 0 Å². The minimum atomic E-state index is -0.413. The number of anilines is 1. The van der Waals surface area contributed by atoms with E-state index in [-0.39, 0.29) is 24.3 Å². The molecule has 2 aromatic rings. The predicted octanol–water partition coefficient (Wildman–Crippen LogP) is 3.84. The van der Waals surface area contributed by atoms with Crippen LogP contribution in [-0.4, -0.2) is 48.7 Å². The van der Waals surface area contributed by atoms with E-state index in [1.54, 1.807) is 7.11 Å². The number of rotatable bonds is 7. The molecule has 0 bridgehead atoms. The van der Waals surface area contributed by atoms with Gasteiger partial charge in [-0.2, -0.15) is 0 Å². The van der Waals surface area contributed by atoms with Crippen molar-refractivity contribution in [1.29, 1.82) is 0 Å². The van der Waals surface area contributed by atoms with Crippen LogP contribution in [0.3, 0.4) is 0 Å². The van der Waals surface area contributed by atoms with Gasteiger partial charge in [0.25, 0.3) is 0 Å². The normalized spacial score (nSPS) is 19.8. The Morgan fingerprint density at radius 2 is 1.90 bits per heavy atom. The number of thioether (sulfide) groups is 1. The number of nitrogens with one attached hydrogen (secondary N) is 2. The third-order valence-electron chi connectivity index (χ3n) is 5.90. The van der Waals surface area contributed by atoms with Gasteiger partial charge in [0, 0.05) is 17.9 Å². The lowest BCUT2D eigenvalue weighted by Crippen LogP contribution is -2.42. The van der Waals surface area contributed by atoms with Gasteiger partial charge in [0.15, 0.2) is 0 Å². The fraction of sp³-hybridized carbons (Fsp3) is 0.417. The summed E-state index contributed by atoms with van der Waals surface area (Å²) in [5, 5.41) is 5.59. The van der Waals surface area contributed by atoms with E-state index in [1.165, 1.54) is 36.6 Å². The maximum Gasteiger partial charge on any atom is 0.238 e. The standard InChI is InChI=1S/C24H29N3O3S/c1-30-18-11-9-17(10-12-18)20(27-13-5-2-6-14-27)16-25-23(28)15-22-24(29)26-19-7-3-4-8-21(19)31-22/h3-4,7-12,20,22H,2,5-6,13-16H2,1H3,(H,25,28)(H,26,29)/t20-,22+/m1/s1. The lowest BCUT2D eigenvalue weighted by molar-refractivity contribution is -0.124. The highest BCUT2D eigenvalue weighted by molar-refractivity contribution is 8.01. The van der Waals surface area contributed by atoms with Crippen molar-refractivity contribution in [3.8, 4) is 5.75 Å². The van der Waals surface area contributed by atoms with Crippen LogP contribution in [0.1, 0.15) is 37.3 Å². The van der Waals surface area contributed by atoms with Crippen LogP contribution < -0.4 is 15.4 Å². The second-order valence-corrected chi connectivity index (χ2v) is 9.23. The largest absolute Gasteiger partial charge is 0.497 e. The van der Waals surface area contributed by atoms with Gasteiger partial charge in [-0.25, -0.2) is 0 Å². The topological polar surface area (TPSA) is 70.7 Å². The van der Waals surface area contributed by atoms with Crippen molar-refractivity contribution in [2.75, 3.05) is 32.1 Å². The zero-order chi connectivity index (χ0) is 21.6. The summed E-state index contributed by atoms with van der Waals surface area (Å²) in [5.74, 6) is 0.620. The number of amides is 2. The average Bonchev–Trinajstić information content (AvgIpc) is 2.81. The third kappa shape index (κ3) is 5.40. The van der Waals surface area contributed by atoms with Gasteiger partial charge in [0.2, 0.25) is 11.8 Å². The molecule has 4 rings (SSSR count). The van der Waals surface area contributed by atoms with Gasteiger partial charge in [0.05, 0.1) is 24.1 Å². The average molecular weight is 440 g/mol. The molecule has 0 radical (unpaired) electrons. The van der Waals surface area contributed by atoms with Gasteiger partial charge in [0.1, 0.15) is 5.75 Å². The quantitative estimate of drug-likeness (QED) is 0.686. The summed E-state index contributed by atoms with van der Waals surface area (Å²) in [7, 11) is 1.66. The monoisotopic (exact) mass is 439 g/mol. The number of fused-ring (bicyclic) bond motifs is 1. The van der Waals surface area contributed by atoms with Gasteiger partial charge in [-0.15, -0.1) is 11.8 Å². The fourth-order valence-corrected chi connectivity index (χ4v) is 5.30. The summed E-state index contributed by atoms with van der Waals surface area (Å²) < 4.78 is 5.29. The molecule has 0 unspecified atom stereocenters. The van der Waals surface area contributed by atoms with Crippen LogP contribution in [0.25, 0.3) is 0 Å². The number of carbonyl (C=O) groups excluding carboxylic acids is 2. The molecule has 2 atom stereocenters. The zero-order valence-corrected chi connectivity index (χ0v) is 18.6. The first kappa shape index (κ1) is 21.7. The molecule has 164 valence electrons. The molecule has 2 aromatic carbocycles. The molecular weight excluding hydrogens is 410 g/mol. The molecule has 1 fully saturated rings. The number of hydrogen-bond donors (Lipinski definition) is 2. The molecule has 2 heterocycles.